The summed E-state index contributed by atoms with van der Waals surface area (Å²) < 4.78 is 0.909. The maximum atomic E-state index is 5.96. The van der Waals surface area contributed by atoms with Crippen LogP contribution in [0.1, 0.15) is 0 Å². The third-order valence-electron chi connectivity index (χ3n) is 1.61. The van der Waals surface area contributed by atoms with Crippen molar-refractivity contribution in [2.24, 2.45) is 0 Å². The second-order valence-electron chi connectivity index (χ2n) is 2.44. The van der Waals surface area contributed by atoms with E-state index in [4.69, 9.17) is 11.6 Å². The van der Waals surface area contributed by atoms with Crippen LogP contribution in [0.3, 0.4) is 0 Å². The molecule has 13 heavy (non-hydrogen) atoms. The number of hydrogen-bond donors (Lipinski definition) is 0. The van der Waals surface area contributed by atoms with Crippen molar-refractivity contribution in [2.75, 3.05) is 0 Å². The molecule has 0 aliphatic rings. The number of rotatable bonds is 1. The van der Waals surface area contributed by atoms with Gasteiger partial charge in [0.1, 0.15) is 5.01 Å². The van der Waals surface area contributed by atoms with Gasteiger partial charge < -0.3 is 0 Å². The van der Waals surface area contributed by atoms with Gasteiger partial charge in [0.25, 0.3) is 0 Å². The molecular weight excluding hydrogens is 270 g/mol. The lowest BCUT2D eigenvalue weighted by Gasteiger charge is -2.01. The summed E-state index contributed by atoms with van der Waals surface area (Å²) in [5.41, 5.74) is 1.04. The predicted molar refractivity (Wildman–Crippen MR) is 60.3 cm³/mol. The third kappa shape index (κ3) is 1.77. The Labute approximate surface area is 93.5 Å². The normalized spacial score (nSPS) is 10.3. The smallest absolute Gasteiger partial charge is 0.124 e. The standard InChI is InChI=1S/C9H5BrClNS/c10-8-6(2-1-3-7(8)11)9-12-4-5-13-9/h1-5H. The number of nitrogens with zero attached hydrogens (tertiary/aromatic N) is 1. The van der Waals surface area contributed by atoms with Gasteiger partial charge in [-0.25, -0.2) is 4.98 Å². The van der Waals surface area contributed by atoms with Crippen molar-refractivity contribution >= 4 is 38.9 Å². The summed E-state index contributed by atoms with van der Waals surface area (Å²) >= 11 is 11.0. The highest BCUT2D eigenvalue weighted by molar-refractivity contribution is 9.10. The molecule has 4 heteroatoms. The summed E-state index contributed by atoms with van der Waals surface area (Å²) in [6, 6.07) is 5.77. The minimum atomic E-state index is 0.715. The number of aromatic nitrogens is 1. The van der Waals surface area contributed by atoms with E-state index in [-0.39, 0.29) is 0 Å². The number of halogens is 2. The predicted octanol–water partition coefficient (Wildman–Crippen LogP) is 4.23. The van der Waals surface area contributed by atoms with E-state index in [1.165, 1.54) is 0 Å². The zero-order chi connectivity index (χ0) is 9.26. The van der Waals surface area contributed by atoms with Crippen molar-refractivity contribution < 1.29 is 0 Å². The van der Waals surface area contributed by atoms with E-state index in [1.807, 2.05) is 23.6 Å². The molecule has 0 aliphatic heterocycles. The van der Waals surface area contributed by atoms with Gasteiger partial charge in [-0.1, -0.05) is 23.7 Å². The van der Waals surface area contributed by atoms with Gasteiger partial charge in [-0.3, -0.25) is 0 Å². The Hall–Kier alpha value is -0.380. The molecule has 0 N–H and O–H groups in total. The topological polar surface area (TPSA) is 12.9 Å². The quantitative estimate of drug-likeness (QED) is 0.758. The van der Waals surface area contributed by atoms with Crippen molar-refractivity contribution in [1.29, 1.82) is 0 Å². The summed E-state index contributed by atoms with van der Waals surface area (Å²) in [7, 11) is 0. The van der Waals surface area contributed by atoms with Crippen molar-refractivity contribution in [3.05, 3.63) is 39.3 Å². The van der Waals surface area contributed by atoms with Crippen molar-refractivity contribution in [3.8, 4) is 10.6 Å². The highest BCUT2D eigenvalue weighted by atomic mass is 79.9. The summed E-state index contributed by atoms with van der Waals surface area (Å²) in [5, 5.41) is 3.64. The van der Waals surface area contributed by atoms with Crippen molar-refractivity contribution in [3.63, 3.8) is 0 Å². The van der Waals surface area contributed by atoms with E-state index in [0.29, 0.717) is 5.02 Å². The first-order valence-electron chi connectivity index (χ1n) is 3.63. The molecule has 1 nitrogen and oxygen atoms in total. The Morgan fingerprint density at radius 2 is 2.23 bits per heavy atom. The van der Waals surface area contributed by atoms with Crippen LogP contribution in [0, 0.1) is 0 Å². The largest absolute Gasteiger partial charge is 0.245 e. The fourth-order valence-electron chi connectivity index (χ4n) is 1.03. The molecule has 0 spiro atoms. The molecule has 0 aliphatic carbocycles. The highest BCUT2D eigenvalue weighted by Crippen LogP contribution is 2.34. The fraction of sp³-hybridized carbons (Fsp3) is 0. The molecule has 0 radical (unpaired) electrons. The van der Waals surface area contributed by atoms with Gasteiger partial charge in [0.15, 0.2) is 0 Å². The lowest BCUT2D eigenvalue weighted by Crippen LogP contribution is -1.78. The van der Waals surface area contributed by atoms with E-state index in [9.17, 15) is 0 Å². The second-order valence-corrected chi connectivity index (χ2v) is 4.53. The molecule has 0 amide bonds. The fourth-order valence-corrected chi connectivity index (χ4v) is 2.45. The van der Waals surface area contributed by atoms with Crippen LogP contribution in [0.2, 0.25) is 5.02 Å². The number of hydrogen-bond acceptors (Lipinski definition) is 2. The summed E-state index contributed by atoms with van der Waals surface area (Å²) in [4.78, 5) is 4.22. The Morgan fingerprint density at radius 1 is 1.38 bits per heavy atom. The molecule has 1 heterocycles. The van der Waals surface area contributed by atoms with E-state index in [0.717, 1.165) is 15.0 Å². The Morgan fingerprint density at radius 3 is 2.92 bits per heavy atom. The first kappa shape index (κ1) is 9.19. The molecular formula is C9H5BrClNS. The van der Waals surface area contributed by atoms with Crippen molar-refractivity contribution in [1.82, 2.24) is 4.98 Å². The van der Waals surface area contributed by atoms with Crippen LogP contribution in [-0.4, -0.2) is 4.98 Å². The van der Waals surface area contributed by atoms with Crippen LogP contribution < -0.4 is 0 Å². The minimum Gasteiger partial charge on any atom is -0.245 e. The second kappa shape index (κ2) is 3.78. The maximum absolute atomic E-state index is 5.96. The zero-order valence-corrected chi connectivity index (χ0v) is 9.66. The summed E-state index contributed by atoms with van der Waals surface area (Å²) in [6.45, 7) is 0. The summed E-state index contributed by atoms with van der Waals surface area (Å²) in [6.07, 6.45) is 1.79. The Bertz CT molecular complexity index is 414. The first-order chi connectivity index (χ1) is 6.29. The van der Waals surface area contributed by atoms with Crippen LogP contribution in [0.25, 0.3) is 10.6 Å². The van der Waals surface area contributed by atoms with Crippen LogP contribution in [0.4, 0.5) is 0 Å². The van der Waals surface area contributed by atoms with E-state index in [2.05, 4.69) is 20.9 Å². The zero-order valence-electron chi connectivity index (χ0n) is 6.50. The molecule has 1 aromatic carbocycles. The maximum Gasteiger partial charge on any atom is 0.124 e. The van der Waals surface area contributed by atoms with E-state index in [1.54, 1.807) is 17.5 Å². The van der Waals surface area contributed by atoms with Crippen LogP contribution in [0.5, 0.6) is 0 Å². The van der Waals surface area contributed by atoms with Gasteiger partial charge in [-0.2, -0.15) is 0 Å². The molecule has 0 fully saturated rings. The molecule has 0 bridgehead atoms. The van der Waals surface area contributed by atoms with Gasteiger partial charge >= 0.3 is 0 Å². The molecule has 0 saturated heterocycles. The SMILES string of the molecule is Clc1cccc(-c2nccs2)c1Br. The van der Waals surface area contributed by atoms with E-state index >= 15 is 0 Å². The lowest BCUT2D eigenvalue weighted by atomic mass is 10.2. The highest BCUT2D eigenvalue weighted by Gasteiger charge is 2.07. The average Bonchev–Trinajstić information content (AvgIpc) is 2.62. The molecule has 0 atom stereocenters. The first-order valence-corrected chi connectivity index (χ1v) is 5.68. The van der Waals surface area contributed by atoms with Crippen LogP contribution in [0.15, 0.2) is 34.2 Å². The van der Waals surface area contributed by atoms with Gasteiger partial charge in [0, 0.05) is 21.6 Å². The molecule has 1 aromatic heterocycles. The monoisotopic (exact) mass is 273 g/mol. The molecule has 66 valence electrons. The Balaban J connectivity index is 2.59. The van der Waals surface area contributed by atoms with Gasteiger partial charge in [0.05, 0.1) is 5.02 Å². The molecule has 2 aromatic rings. The average molecular weight is 275 g/mol. The van der Waals surface area contributed by atoms with Crippen molar-refractivity contribution in [2.45, 2.75) is 0 Å². The van der Waals surface area contributed by atoms with Gasteiger partial charge in [0.2, 0.25) is 0 Å². The molecule has 0 saturated carbocycles. The Kier molecular flexibility index (Phi) is 2.67. The van der Waals surface area contributed by atoms with Crippen LogP contribution in [-0.2, 0) is 0 Å². The molecule has 0 unspecified atom stereocenters. The number of benzene rings is 1. The summed E-state index contributed by atoms with van der Waals surface area (Å²) in [5.74, 6) is 0. The van der Waals surface area contributed by atoms with E-state index < -0.39 is 0 Å². The van der Waals surface area contributed by atoms with Gasteiger partial charge in [-0.05, 0) is 22.0 Å². The minimum absolute atomic E-state index is 0.715. The third-order valence-corrected chi connectivity index (χ3v) is 3.82. The molecule has 2 rings (SSSR count). The number of thiazole rings is 1. The van der Waals surface area contributed by atoms with Crippen LogP contribution >= 0.6 is 38.9 Å². The lowest BCUT2D eigenvalue weighted by molar-refractivity contribution is 1.41. The van der Waals surface area contributed by atoms with Gasteiger partial charge in [-0.15, -0.1) is 11.3 Å².